The van der Waals surface area contributed by atoms with Crippen LogP contribution in [-0.4, -0.2) is 19.6 Å². The van der Waals surface area contributed by atoms with E-state index >= 15 is 0 Å². The minimum absolute atomic E-state index is 0. The first kappa shape index (κ1) is 18.1. The Morgan fingerprint density at radius 2 is 2.00 bits per heavy atom. The third kappa shape index (κ3) is 4.64. The van der Waals surface area contributed by atoms with Crippen LogP contribution < -0.4 is 15.8 Å². The summed E-state index contributed by atoms with van der Waals surface area (Å²) in [5, 5.41) is 4.15. The van der Waals surface area contributed by atoms with Crippen molar-refractivity contribution in [3.63, 3.8) is 0 Å². The zero-order chi connectivity index (χ0) is 16.1. The van der Waals surface area contributed by atoms with Gasteiger partial charge in [0.05, 0.1) is 7.11 Å². The van der Waals surface area contributed by atoms with Gasteiger partial charge in [-0.15, -0.1) is 24.0 Å². The molecule has 3 N–H and O–H groups in total. The Hall–Kier alpha value is -2.22. The number of rotatable bonds is 5. The molecule has 24 heavy (non-hydrogen) atoms. The maximum absolute atomic E-state index is 5.90. The smallest absolute Gasteiger partial charge is 0.193 e. The number of hydrogen-bond donors (Lipinski definition) is 2. The van der Waals surface area contributed by atoms with E-state index in [4.69, 9.17) is 14.9 Å². The number of nitrogens with one attached hydrogen (secondary N) is 1. The van der Waals surface area contributed by atoms with E-state index in [0.717, 1.165) is 28.2 Å². The van der Waals surface area contributed by atoms with Crippen LogP contribution in [0.15, 0.2) is 64.0 Å². The Balaban J connectivity index is 0.00000208. The fourth-order valence-electron chi connectivity index (χ4n) is 2.33. The van der Waals surface area contributed by atoms with Gasteiger partial charge in [-0.05, 0) is 24.3 Å². The SMILES string of the molecule is COc1cccc(NC(N)=NCCc2cc3ccccc3o2)c1.I. The summed E-state index contributed by atoms with van der Waals surface area (Å²) < 4.78 is 10.9. The van der Waals surface area contributed by atoms with E-state index in [1.165, 1.54) is 0 Å². The average molecular weight is 437 g/mol. The van der Waals surface area contributed by atoms with Crippen LogP contribution in [0.5, 0.6) is 5.75 Å². The monoisotopic (exact) mass is 437 g/mol. The van der Waals surface area contributed by atoms with Gasteiger partial charge >= 0.3 is 0 Å². The Kier molecular flexibility index (Phi) is 6.48. The van der Waals surface area contributed by atoms with Crippen molar-refractivity contribution in [2.45, 2.75) is 6.42 Å². The Morgan fingerprint density at radius 1 is 1.17 bits per heavy atom. The highest BCUT2D eigenvalue weighted by molar-refractivity contribution is 14.0. The minimum Gasteiger partial charge on any atom is -0.497 e. The molecule has 5 nitrogen and oxygen atoms in total. The van der Waals surface area contributed by atoms with Crippen molar-refractivity contribution < 1.29 is 9.15 Å². The van der Waals surface area contributed by atoms with Gasteiger partial charge in [0.1, 0.15) is 17.1 Å². The first-order chi connectivity index (χ1) is 11.2. The first-order valence-corrected chi connectivity index (χ1v) is 7.43. The second-order valence-corrected chi connectivity index (χ2v) is 5.12. The summed E-state index contributed by atoms with van der Waals surface area (Å²) in [6, 6.07) is 17.5. The maximum Gasteiger partial charge on any atom is 0.193 e. The number of anilines is 1. The normalized spacial score (nSPS) is 11.1. The standard InChI is InChI=1S/C18H19N3O2.HI/c1-22-15-7-4-6-14(12-15)21-18(19)20-10-9-16-11-13-5-2-3-8-17(13)23-16;/h2-8,11-12H,9-10H2,1H3,(H3,19,20,21);1H. The molecule has 6 heteroatoms. The lowest BCUT2D eigenvalue weighted by Gasteiger charge is -2.07. The van der Waals surface area contributed by atoms with Crippen LogP contribution in [-0.2, 0) is 6.42 Å². The number of nitrogens with zero attached hydrogens (tertiary/aromatic N) is 1. The Bertz CT molecular complexity index is 797. The number of halogens is 1. The molecule has 126 valence electrons. The largest absolute Gasteiger partial charge is 0.497 e. The van der Waals surface area contributed by atoms with Gasteiger partial charge in [0.15, 0.2) is 5.96 Å². The highest BCUT2D eigenvalue weighted by Gasteiger charge is 2.02. The van der Waals surface area contributed by atoms with Crippen molar-refractivity contribution in [2.24, 2.45) is 10.7 Å². The summed E-state index contributed by atoms with van der Waals surface area (Å²) in [6.45, 7) is 0.558. The molecule has 3 aromatic rings. The summed E-state index contributed by atoms with van der Waals surface area (Å²) in [5.74, 6) is 2.04. The van der Waals surface area contributed by atoms with Crippen molar-refractivity contribution in [2.75, 3.05) is 19.0 Å². The van der Waals surface area contributed by atoms with Crippen molar-refractivity contribution in [1.82, 2.24) is 0 Å². The molecule has 2 aromatic carbocycles. The third-order valence-corrected chi connectivity index (χ3v) is 3.46. The van der Waals surface area contributed by atoms with Gasteiger partial charge in [-0.3, -0.25) is 4.99 Å². The van der Waals surface area contributed by atoms with Gasteiger partial charge in [0, 0.05) is 30.1 Å². The van der Waals surface area contributed by atoms with Crippen molar-refractivity contribution in [1.29, 1.82) is 0 Å². The molecule has 1 aromatic heterocycles. The molecule has 0 aliphatic heterocycles. The van der Waals surface area contributed by atoms with Gasteiger partial charge in [0.2, 0.25) is 0 Å². The van der Waals surface area contributed by atoms with Gasteiger partial charge in [-0.1, -0.05) is 24.3 Å². The topological polar surface area (TPSA) is 72.8 Å². The van der Waals surface area contributed by atoms with Gasteiger partial charge in [0.25, 0.3) is 0 Å². The molecule has 0 atom stereocenters. The minimum atomic E-state index is 0. The van der Waals surface area contributed by atoms with Crippen molar-refractivity contribution in [3.05, 3.63) is 60.4 Å². The van der Waals surface area contributed by atoms with E-state index in [-0.39, 0.29) is 24.0 Å². The number of guanidine groups is 1. The predicted octanol–water partition coefficient (Wildman–Crippen LogP) is 4.03. The fourth-order valence-corrected chi connectivity index (χ4v) is 2.33. The Morgan fingerprint density at radius 3 is 2.79 bits per heavy atom. The van der Waals surface area contributed by atoms with E-state index in [1.54, 1.807) is 7.11 Å². The van der Waals surface area contributed by atoms with E-state index in [9.17, 15) is 0 Å². The molecule has 0 saturated heterocycles. The molecule has 0 spiro atoms. The summed E-state index contributed by atoms with van der Waals surface area (Å²) >= 11 is 0. The second-order valence-electron chi connectivity index (χ2n) is 5.12. The fraction of sp³-hybridized carbons (Fsp3) is 0.167. The molecule has 0 radical (unpaired) electrons. The van der Waals surface area contributed by atoms with Crippen LogP contribution in [0, 0.1) is 0 Å². The second kappa shape index (κ2) is 8.58. The molecule has 1 heterocycles. The van der Waals surface area contributed by atoms with E-state index in [2.05, 4.69) is 10.3 Å². The summed E-state index contributed by atoms with van der Waals surface area (Å²) in [4.78, 5) is 4.32. The predicted molar refractivity (Wildman–Crippen MR) is 108 cm³/mol. The molecular weight excluding hydrogens is 417 g/mol. The number of aliphatic imine (C=N–C) groups is 1. The number of benzene rings is 2. The maximum atomic E-state index is 5.90. The number of nitrogens with two attached hydrogens (primary N) is 1. The zero-order valence-electron chi connectivity index (χ0n) is 13.4. The molecule has 0 amide bonds. The highest BCUT2D eigenvalue weighted by Crippen LogP contribution is 2.19. The van der Waals surface area contributed by atoms with Crippen LogP contribution in [0.1, 0.15) is 5.76 Å². The molecule has 0 bridgehead atoms. The molecule has 3 rings (SSSR count). The lowest BCUT2D eigenvalue weighted by molar-refractivity contribution is 0.415. The van der Waals surface area contributed by atoms with Crippen molar-refractivity contribution >= 4 is 46.6 Å². The number of hydrogen-bond acceptors (Lipinski definition) is 3. The van der Waals surface area contributed by atoms with Gasteiger partial charge in [-0.25, -0.2) is 0 Å². The van der Waals surface area contributed by atoms with Crippen LogP contribution in [0.2, 0.25) is 0 Å². The van der Waals surface area contributed by atoms with E-state index < -0.39 is 0 Å². The van der Waals surface area contributed by atoms with E-state index in [1.807, 2.05) is 54.6 Å². The number of methoxy groups -OCH3 is 1. The zero-order valence-corrected chi connectivity index (χ0v) is 15.7. The lowest BCUT2D eigenvalue weighted by atomic mass is 10.2. The number of fused-ring (bicyclic) bond motifs is 1. The number of furan rings is 1. The first-order valence-electron chi connectivity index (χ1n) is 7.43. The molecule has 0 saturated carbocycles. The molecular formula is C18H20IN3O2. The third-order valence-electron chi connectivity index (χ3n) is 3.46. The van der Waals surface area contributed by atoms with Gasteiger partial charge < -0.3 is 20.2 Å². The van der Waals surface area contributed by atoms with E-state index in [0.29, 0.717) is 18.9 Å². The van der Waals surface area contributed by atoms with Crippen LogP contribution in [0.3, 0.4) is 0 Å². The molecule has 0 aliphatic rings. The molecule has 0 aliphatic carbocycles. The lowest BCUT2D eigenvalue weighted by Crippen LogP contribution is -2.23. The van der Waals surface area contributed by atoms with Crippen molar-refractivity contribution in [3.8, 4) is 5.75 Å². The quantitative estimate of drug-likeness (QED) is 0.359. The summed E-state index contributed by atoms with van der Waals surface area (Å²) in [6.07, 6.45) is 0.704. The summed E-state index contributed by atoms with van der Waals surface area (Å²) in [5.41, 5.74) is 7.64. The number of para-hydroxylation sites is 1. The van der Waals surface area contributed by atoms with Crippen LogP contribution >= 0.6 is 24.0 Å². The average Bonchev–Trinajstić information content (AvgIpc) is 2.97. The van der Waals surface area contributed by atoms with Crippen LogP contribution in [0.25, 0.3) is 11.0 Å². The molecule has 0 unspecified atom stereocenters. The molecule has 0 fully saturated rings. The van der Waals surface area contributed by atoms with Gasteiger partial charge in [-0.2, -0.15) is 0 Å². The highest BCUT2D eigenvalue weighted by atomic mass is 127. The number of ether oxygens (including phenoxy) is 1. The Labute approximate surface area is 157 Å². The summed E-state index contributed by atoms with van der Waals surface area (Å²) in [7, 11) is 1.63. The van der Waals surface area contributed by atoms with Crippen LogP contribution in [0.4, 0.5) is 5.69 Å².